The van der Waals surface area contributed by atoms with Gasteiger partial charge in [-0.15, -0.1) is 0 Å². The molecule has 90 valence electrons. The number of carbonyl (C=O) groups is 2. The zero-order valence-corrected chi connectivity index (χ0v) is 10.4. The van der Waals surface area contributed by atoms with Gasteiger partial charge in [-0.2, -0.15) is 16.9 Å². The van der Waals surface area contributed by atoms with Crippen molar-refractivity contribution in [3.05, 3.63) is 0 Å². The Kier molecular flexibility index (Phi) is 5.31. The van der Waals surface area contributed by atoms with Crippen molar-refractivity contribution in [1.82, 2.24) is 10.7 Å². The van der Waals surface area contributed by atoms with Gasteiger partial charge in [0.2, 0.25) is 5.91 Å². The lowest BCUT2D eigenvalue weighted by Gasteiger charge is -2.16. The van der Waals surface area contributed by atoms with Gasteiger partial charge in [0.05, 0.1) is 0 Å². The molecule has 0 saturated carbocycles. The van der Waals surface area contributed by atoms with Gasteiger partial charge in [-0.1, -0.05) is 6.92 Å². The van der Waals surface area contributed by atoms with E-state index < -0.39 is 0 Å². The van der Waals surface area contributed by atoms with Gasteiger partial charge < -0.3 is 5.32 Å². The van der Waals surface area contributed by atoms with Crippen molar-refractivity contribution in [2.45, 2.75) is 32.7 Å². The number of nitrogens with one attached hydrogen (secondary N) is 2. The molecule has 0 aromatic heterocycles. The summed E-state index contributed by atoms with van der Waals surface area (Å²) < 4.78 is 0. The second kappa shape index (κ2) is 6.52. The Morgan fingerprint density at radius 3 is 2.94 bits per heavy atom. The molecule has 0 aromatic carbocycles. The first-order chi connectivity index (χ1) is 7.63. The van der Waals surface area contributed by atoms with E-state index in [-0.39, 0.29) is 17.9 Å². The number of thioether (sulfide) groups is 1. The molecule has 6 heteroatoms. The minimum Gasteiger partial charge on any atom is -0.348 e. The minimum atomic E-state index is -0.177. The molecule has 1 rings (SSSR count). The smallest absolute Gasteiger partial charge is 0.267 e. The van der Waals surface area contributed by atoms with Crippen LogP contribution < -0.4 is 10.7 Å². The molecule has 2 amide bonds. The van der Waals surface area contributed by atoms with E-state index in [9.17, 15) is 9.59 Å². The molecule has 1 atom stereocenters. The quantitative estimate of drug-likeness (QED) is 0.739. The van der Waals surface area contributed by atoms with Gasteiger partial charge in [-0.3, -0.25) is 9.59 Å². The molecule has 0 aliphatic carbocycles. The number of amides is 2. The van der Waals surface area contributed by atoms with Crippen LogP contribution in [0.5, 0.6) is 0 Å². The molecule has 0 saturated heterocycles. The highest BCUT2D eigenvalue weighted by molar-refractivity contribution is 7.99. The standard InChI is InChI=1S/C10H17N3O2S/c1-3-16-6-7(2)11-10(15)8-4-5-9(14)13-12-8/h7H,3-6H2,1-2H3,(H,11,15)(H,13,14). The number of hydrazone groups is 1. The molecule has 1 heterocycles. The Hall–Kier alpha value is -1.04. The van der Waals surface area contributed by atoms with Crippen LogP contribution in [0, 0.1) is 0 Å². The highest BCUT2D eigenvalue weighted by atomic mass is 32.2. The highest BCUT2D eigenvalue weighted by Crippen LogP contribution is 2.03. The monoisotopic (exact) mass is 243 g/mol. The summed E-state index contributed by atoms with van der Waals surface area (Å²) in [7, 11) is 0. The van der Waals surface area contributed by atoms with Gasteiger partial charge in [-0.05, 0) is 12.7 Å². The first-order valence-corrected chi connectivity index (χ1v) is 6.53. The molecule has 0 fully saturated rings. The van der Waals surface area contributed by atoms with Gasteiger partial charge in [0.15, 0.2) is 0 Å². The van der Waals surface area contributed by atoms with Crippen molar-refractivity contribution < 1.29 is 9.59 Å². The second-order valence-electron chi connectivity index (χ2n) is 3.63. The van der Waals surface area contributed by atoms with Crippen LogP contribution in [0.1, 0.15) is 26.7 Å². The summed E-state index contributed by atoms with van der Waals surface area (Å²) in [6.07, 6.45) is 0.760. The van der Waals surface area contributed by atoms with Crippen LogP contribution in [0.25, 0.3) is 0 Å². The normalized spacial score (nSPS) is 17.4. The van der Waals surface area contributed by atoms with E-state index >= 15 is 0 Å². The molecule has 1 aliphatic heterocycles. The molecular weight excluding hydrogens is 226 g/mol. The molecular formula is C10H17N3O2S. The number of rotatable bonds is 5. The zero-order valence-electron chi connectivity index (χ0n) is 9.58. The molecule has 0 spiro atoms. The molecule has 0 radical (unpaired) electrons. The van der Waals surface area contributed by atoms with Gasteiger partial charge in [0.25, 0.3) is 5.91 Å². The van der Waals surface area contributed by atoms with E-state index in [4.69, 9.17) is 0 Å². The summed E-state index contributed by atoms with van der Waals surface area (Å²) in [5.41, 5.74) is 2.72. The Morgan fingerprint density at radius 1 is 1.62 bits per heavy atom. The fourth-order valence-electron chi connectivity index (χ4n) is 1.28. The summed E-state index contributed by atoms with van der Waals surface area (Å²) in [5, 5.41) is 6.60. The first-order valence-electron chi connectivity index (χ1n) is 5.37. The van der Waals surface area contributed by atoms with E-state index in [0.717, 1.165) is 11.5 Å². The number of hydrogen-bond acceptors (Lipinski definition) is 4. The Bertz CT molecular complexity index is 304. The zero-order chi connectivity index (χ0) is 12.0. The van der Waals surface area contributed by atoms with Crippen molar-refractivity contribution in [2.75, 3.05) is 11.5 Å². The molecule has 2 N–H and O–H groups in total. The summed E-state index contributed by atoms with van der Waals surface area (Å²) in [6, 6.07) is 0.123. The largest absolute Gasteiger partial charge is 0.348 e. The maximum Gasteiger partial charge on any atom is 0.267 e. The van der Waals surface area contributed by atoms with Crippen LogP contribution in [0.4, 0.5) is 0 Å². The third-order valence-electron chi connectivity index (χ3n) is 2.12. The molecule has 5 nitrogen and oxygen atoms in total. The van der Waals surface area contributed by atoms with E-state index in [1.807, 2.05) is 6.92 Å². The lowest BCUT2D eigenvalue weighted by Crippen LogP contribution is -2.41. The van der Waals surface area contributed by atoms with Crippen molar-refractivity contribution in [3.8, 4) is 0 Å². The number of nitrogens with zero attached hydrogens (tertiary/aromatic N) is 1. The van der Waals surface area contributed by atoms with Crippen molar-refractivity contribution >= 4 is 29.3 Å². The fraction of sp³-hybridized carbons (Fsp3) is 0.700. The summed E-state index contributed by atoms with van der Waals surface area (Å²) in [5.74, 6) is 1.62. The van der Waals surface area contributed by atoms with Crippen LogP contribution in [-0.2, 0) is 9.59 Å². The highest BCUT2D eigenvalue weighted by Gasteiger charge is 2.19. The van der Waals surface area contributed by atoms with E-state index in [1.165, 1.54) is 0 Å². The van der Waals surface area contributed by atoms with Gasteiger partial charge in [-0.25, -0.2) is 5.43 Å². The number of carbonyl (C=O) groups excluding carboxylic acids is 2. The summed E-state index contributed by atoms with van der Waals surface area (Å²) in [4.78, 5) is 22.5. The molecule has 0 aromatic rings. The van der Waals surface area contributed by atoms with E-state index in [1.54, 1.807) is 11.8 Å². The lowest BCUT2D eigenvalue weighted by atomic mass is 10.1. The Morgan fingerprint density at radius 2 is 2.38 bits per heavy atom. The van der Waals surface area contributed by atoms with E-state index in [0.29, 0.717) is 18.6 Å². The molecule has 1 unspecified atom stereocenters. The topological polar surface area (TPSA) is 70.6 Å². The second-order valence-corrected chi connectivity index (χ2v) is 4.95. The molecule has 0 bridgehead atoms. The van der Waals surface area contributed by atoms with Crippen LogP contribution in [0.3, 0.4) is 0 Å². The maximum atomic E-state index is 11.7. The van der Waals surface area contributed by atoms with Gasteiger partial charge >= 0.3 is 0 Å². The average Bonchev–Trinajstić information content (AvgIpc) is 2.27. The SMILES string of the molecule is CCSCC(C)NC(=O)C1=NNC(=O)CC1. The third kappa shape index (κ3) is 4.22. The molecule has 1 aliphatic rings. The van der Waals surface area contributed by atoms with Crippen LogP contribution in [-0.4, -0.2) is 35.1 Å². The van der Waals surface area contributed by atoms with E-state index in [2.05, 4.69) is 22.8 Å². The van der Waals surface area contributed by atoms with Crippen molar-refractivity contribution in [1.29, 1.82) is 0 Å². The average molecular weight is 243 g/mol. The van der Waals surface area contributed by atoms with Gasteiger partial charge in [0, 0.05) is 24.6 Å². The predicted octanol–water partition coefficient (Wildman–Crippen LogP) is 0.510. The van der Waals surface area contributed by atoms with Crippen molar-refractivity contribution in [3.63, 3.8) is 0 Å². The Balaban J connectivity index is 2.37. The first kappa shape index (κ1) is 13.0. The van der Waals surface area contributed by atoms with Gasteiger partial charge in [0.1, 0.15) is 5.71 Å². The van der Waals surface area contributed by atoms with Crippen LogP contribution in [0.2, 0.25) is 0 Å². The fourth-order valence-corrected chi connectivity index (χ4v) is 1.95. The third-order valence-corrected chi connectivity index (χ3v) is 3.26. The maximum absolute atomic E-state index is 11.7. The summed E-state index contributed by atoms with van der Waals surface area (Å²) in [6.45, 7) is 4.04. The predicted molar refractivity (Wildman–Crippen MR) is 65.4 cm³/mol. The van der Waals surface area contributed by atoms with Crippen molar-refractivity contribution in [2.24, 2.45) is 5.10 Å². The number of hydrogen-bond donors (Lipinski definition) is 2. The summed E-state index contributed by atoms with van der Waals surface area (Å²) >= 11 is 1.78. The Labute approximate surface area is 99.4 Å². The minimum absolute atomic E-state index is 0.123. The molecule has 16 heavy (non-hydrogen) atoms. The van der Waals surface area contributed by atoms with Crippen LogP contribution >= 0.6 is 11.8 Å². The van der Waals surface area contributed by atoms with Crippen LogP contribution in [0.15, 0.2) is 5.10 Å². The lowest BCUT2D eigenvalue weighted by molar-refractivity contribution is -0.121.